The fourth-order valence-corrected chi connectivity index (χ4v) is 0.745. The smallest absolute Gasteiger partial charge is 0.131 e. The van der Waals surface area contributed by atoms with Gasteiger partial charge in [0.25, 0.3) is 0 Å². The van der Waals surface area contributed by atoms with Gasteiger partial charge in [0.05, 0.1) is 12.0 Å². The van der Waals surface area contributed by atoms with Crippen molar-refractivity contribution in [3.8, 4) is 12.1 Å². The molecule has 0 aliphatic carbocycles. The average molecular weight is 158 g/mol. The van der Waals surface area contributed by atoms with Crippen LogP contribution in [0.15, 0.2) is 18.1 Å². The lowest BCUT2D eigenvalue weighted by molar-refractivity contribution is 0.913. The molecule has 1 aromatic rings. The minimum absolute atomic E-state index is 0.0636. The summed E-state index contributed by atoms with van der Waals surface area (Å²) in [6.45, 7) is 0. The molecule has 0 radical (unpaired) electrons. The molecule has 4 heteroatoms. The van der Waals surface area contributed by atoms with Gasteiger partial charge in [-0.05, 0) is 6.08 Å². The third kappa shape index (κ3) is 1.71. The van der Waals surface area contributed by atoms with E-state index in [2.05, 4.69) is 4.98 Å². The molecule has 0 fully saturated rings. The van der Waals surface area contributed by atoms with E-state index in [9.17, 15) is 0 Å². The number of aryl methyl sites for hydroxylation is 1. The summed E-state index contributed by atoms with van der Waals surface area (Å²) in [6, 6.07) is 3.52. The molecule has 0 spiro atoms. The lowest BCUT2D eigenvalue weighted by Gasteiger charge is -1.81. The van der Waals surface area contributed by atoms with E-state index >= 15 is 0 Å². The highest BCUT2D eigenvalue weighted by Gasteiger charge is 1.95. The van der Waals surface area contributed by atoms with E-state index in [1.165, 1.54) is 6.08 Å². The number of hydrogen-bond donors (Lipinski definition) is 0. The Balaban J connectivity index is 2.97. The highest BCUT2D eigenvalue weighted by molar-refractivity contribution is 5.58. The number of nitrogens with zero attached hydrogens (tertiary/aromatic N) is 4. The van der Waals surface area contributed by atoms with Crippen LogP contribution in [0, 0.1) is 22.7 Å². The number of rotatable bonds is 1. The van der Waals surface area contributed by atoms with Gasteiger partial charge in [0.15, 0.2) is 0 Å². The molecule has 1 rings (SSSR count). The Kier molecular flexibility index (Phi) is 2.25. The number of hydrogen-bond acceptors (Lipinski definition) is 3. The first-order chi connectivity index (χ1) is 5.76. The van der Waals surface area contributed by atoms with Crippen molar-refractivity contribution >= 4 is 6.08 Å². The Morgan fingerprint density at radius 1 is 1.58 bits per heavy atom. The molecule has 0 saturated heterocycles. The molecule has 0 saturated carbocycles. The highest BCUT2D eigenvalue weighted by Crippen LogP contribution is 2.01. The highest BCUT2D eigenvalue weighted by atomic mass is 15.0. The summed E-state index contributed by atoms with van der Waals surface area (Å²) in [5.74, 6) is 0. The molecular formula is C8H6N4. The minimum Gasteiger partial charge on any atom is -0.340 e. The van der Waals surface area contributed by atoms with Crippen molar-refractivity contribution in [2.75, 3.05) is 0 Å². The number of imidazole rings is 1. The molecule has 0 amide bonds. The maximum atomic E-state index is 8.42. The largest absolute Gasteiger partial charge is 0.340 e. The summed E-state index contributed by atoms with van der Waals surface area (Å²) < 4.78 is 1.75. The van der Waals surface area contributed by atoms with Crippen LogP contribution in [0.3, 0.4) is 0 Å². The monoisotopic (exact) mass is 158 g/mol. The Hall–Kier alpha value is -2.07. The van der Waals surface area contributed by atoms with Crippen LogP contribution in [0.25, 0.3) is 6.08 Å². The zero-order valence-corrected chi connectivity index (χ0v) is 6.52. The summed E-state index contributed by atoms with van der Waals surface area (Å²) in [5, 5.41) is 16.8. The summed E-state index contributed by atoms with van der Waals surface area (Å²) in [7, 11) is 1.82. The van der Waals surface area contributed by atoms with Gasteiger partial charge in [-0.25, -0.2) is 4.98 Å². The van der Waals surface area contributed by atoms with Gasteiger partial charge in [-0.2, -0.15) is 10.5 Å². The standard InChI is InChI=1S/C8H6N4/c1-12-5-8(11-6-12)2-7(3-9)4-10/h2,5-6H,1H3. The molecule has 1 aromatic heterocycles. The normalized spacial score (nSPS) is 8.25. The van der Waals surface area contributed by atoms with E-state index in [0.717, 1.165) is 0 Å². The third-order valence-corrected chi connectivity index (χ3v) is 1.26. The first-order valence-corrected chi connectivity index (χ1v) is 3.26. The Labute approximate surface area is 70.0 Å². The predicted molar refractivity (Wildman–Crippen MR) is 42.4 cm³/mol. The third-order valence-electron chi connectivity index (χ3n) is 1.26. The van der Waals surface area contributed by atoms with Gasteiger partial charge < -0.3 is 4.57 Å². The molecule has 0 aliphatic heterocycles. The summed E-state index contributed by atoms with van der Waals surface area (Å²) in [5.41, 5.74) is 0.685. The Morgan fingerprint density at radius 2 is 2.25 bits per heavy atom. The fourth-order valence-electron chi connectivity index (χ4n) is 0.745. The van der Waals surface area contributed by atoms with Gasteiger partial charge in [0.2, 0.25) is 0 Å². The molecule has 58 valence electrons. The van der Waals surface area contributed by atoms with E-state index in [0.29, 0.717) is 5.69 Å². The van der Waals surface area contributed by atoms with Crippen LogP contribution >= 0.6 is 0 Å². The molecule has 0 unspecified atom stereocenters. The van der Waals surface area contributed by atoms with Gasteiger partial charge in [-0.1, -0.05) is 0 Å². The fraction of sp³-hybridized carbons (Fsp3) is 0.125. The molecule has 4 nitrogen and oxygen atoms in total. The molecule has 12 heavy (non-hydrogen) atoms. The lowest BCUT2D eigenvalue weighted by atomic mass is 10.3. The van der Waals surface area contributed by atoms with Crippen LogP contribution in [-0.2, 0) is 7.05 Å². The second kappa shape index (κ2) is 3.36. The van der Waals surface area contributed by atoms with E-state index in [-0.39, 0.29) is 5.57 Å². The Morgan fingerprint density at radius 3 is 2.67 bits per heavy atom. The van der Waals surface area contributed by atoms with E-state index in [4.69, 9.17) is 10.5 Å². The second-order valence-corrected chi connectivity index (χ2v) is 2.25. The zero-order valence-electron chi connectivity index (χ0n) is 6.52. The first-order valence-electron chi connectivity index (χ1n) is 3.26. The van der Waals surface area contributed by atoms with E-state index in [1.807, 2.05) is 7.05 Å². The van der Waals surface area contributed by atoms with Crippen molar-refractivity contribution in [3.63, 3.8) is 0 Å². The van der Waals surface area contributed by atoms with Gasteiger partial charge in [-0.15, -0.1) is 0 Å². The Bertz CT molecular complexity index is 370. The molecule has 0 aromatic carbocycles. The summed E-state index contributed by atoms with van der Waals surface area (Å²) in [6.07, 6.45) is 4.78. The van der Waals surface area contributed by atoms with Crippen LogP contribution in [0.1, 0.15) is 5.69 Å². The average Bonchev–Trinajstić information content (AvgIpc) is 2.47. The molecule has 0 aliphatic rings. The summed E-state index contributed by atoms with van der Waals surface area (Å²) >= 11 is 0. The topological polar surface area (TPSA) is 65.4 Å². The van der Waals surface area contributed by atoms with Crippen LogP contribution < -0.4 is 0 Å². The molecule has 1 heterocycles. The molecule has 0 bridgehead atoms. The van der Waals surface area contributed by atoms with Crippen molar-refractivity contribution in [1.82, 2.24) is 9.55 Å². The van der Waals surface area contributed by atoms with Crippen LogP contribution in [-0.4, -0.2) is 9.55 Å². The number of allylic oxidation sites excluding steroid dienone is 1. The summed E-state index contributed by atoms with van der Waals surface area (Å²) in [4.78, 5) is 3.94. The van der Waals surface area contributed by atoms with Crippen molar-refractivity contribution in [3.05, 3.63) is 23.8 Å². The van der Waals surface area contributed by atoms with Crippen molar-refractivity contribution in [2.24, 2.45) is 7.05 Å². The quantitative estimate of drug-likeness (QED) is 0.569. The molecular weight excluding hydrogens is 152 g/mol. The first kappa shape index (κ1) is 8.03. The van der Waals surface area contributed by atoms with Crippen molar-refractivity contribution < 1.29 is 0 Å². The maximum Gasteiger partial charge on any atom is 0.131 e. The van der Waals surface area contributed by atoms with Gasteiger partial charge >= 0.3 is 0 Å². The van der Waals surface area contributed by atoms with Gasteiger partial charge in [0, 0.05) is 13.2 Å². The molecule has 0 atom stereocenters. The SMILES string of the molecule is Cn1cnc(C=C(C#N)C#N)c1. The van der Waals surface area contributed by atoms with E-state index < -0.39 is 0 Å². The zero-order chi connectivity index (χ0) is 8.97. The van der Waals surface area contributed by atoms with Crippen LogP contribution in [0.4, 0.5) is 0 Å². The van der Waals surface area contributed by atoms with Gasteiger partial charge in [-0.3, -0.25) is 0 Å². The van der Waals surface area contributed by atoms with Crippen molar-refractivity contribution in [2.45, 2.75) is 0 Å². The minimum atomic E-state index is 0.0636. The van der Waals surface area contributed by atoms with Crippen LogP contribution in [0.5, 0.6) is 0 Å². The number of nitriles is 2. The van der Waals surface area contributed by atoms with E-state index in [1.54, 1.807) is 29.2 Å². The number of aromatic nitrogens is 2. The maximum absolute atomic E-state index is 8.42. The predicted octanol–water partition coefficient (Wildman–Crippen LogP) is 0.851. The molecule has 0 N–H and O–H groups in total. The van der Waals surface area contributed by atoms with Crippen molar-refractivity contribution in [1.29, 1.82) is 10.5 Å². The van der Waals surface area contributed by atoms with Gasteiger partial charge in [0.1, 0.15) is 17.7 Å². The lowest BCUT2D eigenvalue weighted by Crippen LogP contribution is -1.77. The van der Waals surface area contributed by atoms with Crippen LogP contribution in [0.2, 0.25) is 0 Å². The second-order valence-electron chi connectivity index (χ2n) is 2.25.